The maximum atomic E-state index is 5.48. The van der Waals surface area contributed by atoms with Gasteiger partial charge in [0.15, 0.2) is 0 Å². The summed E-state index contributed by atoms with van der Waals surface area (Å²) in [5.74, 6) is 0.601. The lowest BCUT2D eigenvalue weighted by Gasteiger charge is -2.06. The van der Waals surface area contributed by atoms with Gasteiger partial charge in [0.05, 0.1) is 7.11 Å². The lowest BCUT2D eigenvalue weighted by molar-refractivity contribution is 0.397. The van der Waals surface area contributed by atoms with E-state index in [2.05, 4.69) is 11.6 Å². The van der Waals surface area contributed by atoms with Crippen LogP contribution in [0.3, 0.4) is 0 Å². The molecular formula is C10H14N2O. The molecule has 0 saturated carbocycles. The number of methoxy groups -OCH3 is 1. The Morgan fingerprint density at radius 3 is 2.85 bits per heavy atom. The second-order valence-electron chi connectivity index (χ2n) is 2.85. The number of aromatic nitrogens is 1. The molecule has 0 bridgehead atoms. The molecule has 1 heterocycles. The first-order chi connectivity index (χ1) is 6.17. The maximum absolute atomic E-state index is 5.48. The Bertz CT molecular complexity index is 321. The lowest BCUT2D eigenvalue weighted by Crippen LogP contribution is -2.02. The van der Waals surface area contributed by atoms with Gasteiger partial charge in [0.1, 0.15) is 0 Å². The highest BCUT2D eigenvalue weighted by Gasteiger charge is 2.01. The minimum atomic E-state index is 0.451. The Kier molecular flexibility index (Phi) is 3.03. The van der Waals surface area contributed by atoms with Crippen molar-refractivity contribution in [2.24, 2.45) is 5.73 Å². The molecule has 0 fully saturated rings. The molecular weight excluding hydrogens is 164 g/mol. The quantitative estimate of drug-likeness (QED) is 0.760. The van der Waals surface area contributed by atoms with Crippen molar-refractivity contribution in [3.63, 3.8) is 0 Å². The van der Waals surface area contributed by atoms with Crippen molar-refractivity contribution in [1.82, 2.24) is 4.98 Å². The third-order valence-corrected chi connectivity index (χ3v) is 1.79. The minimum Gasteiger partial charge on any atom is -0.481 e. The summed E-state index contributed by atoms with van der Waals surface area (Å²) < 4.78 is 5.04. The van der Waals surface area contributed by atoms with Crippen LogP contribution in [0.1, 0.15) is 11.3 Å². The smallest absolute Gasteiger partial charge is 0.213 e. The number of rotatable bonds is 3. The first-order valence-corrected chi connectivity index (χ1v) is 4.08. The Hall–Kier alpha value is -1.35. The molecule has 0 aliphatic carbocycles. The molecule has 0 unspecified atom stereocenters. The Morgan fingerprint density at radius 2 is 2.31 bits per heavy atom. The van der Waals surface area contributed by atoms with Crippen molar-refractivity contribution >= 4 is 5.57 Å². The van der Waals surface area contributed by atoms with Crippen LogP contribution in [0, 0.1) is 6.92 Å². The molecule has 0 atom stereocenters. The second kappa shape index (κ2) is 4.05. The molecule has 0 saturated heterocycles. The molecule has 1 aromatic rings. The number of pyridine rings is 1. The summed E-state index contributed by atoms with van der Waals surface area (Å²) in [5, 5.41) is 0. The molecule has 70 valence electrons. The normalized spacial score (nSPS) is 9.77. The van der Waals surface area contributed by atoms with Crippen LogP contribution in [0.5, 0.6) is 5.88 Å². The largest absolute Gasteiger partial charge is 0.481 e. The summed E-state index contributed by atoms with van der Waals surface area (Å²) in [6.45, 7) is 6.22. The zero-order valence-corrected chi connectivity index (χ0v) is 8.00. The predicted octanol–water partition coefficient (Wildman–Crippen LogP) is 1.37. The summed E-state index contributed by atoms with van der Waals surface area (Å²) in [7, 11) is 1.59. The van der Waals surface area contributed by atoms with Crippen LogP contribution in [0.2, 0.25) is 0 Å². The first-order valence-electron chi connectivity index (χ1n) is 4.08. The van der Waals surface area contributed by atoms with E-state index in [9.17, 15) is 0 Å². The highest BCUT2D eigenvalue weighted by molar-refractivity contribution is 5.65. The van der Waals surface area contributed by atoms with Gasteiger partial charge in [-0.15, -0.1) is 0 Å². The van der Waals surface area contributed by atoms with Gasteiger partial charge in [-0.3, -0.25) is 0 Å². The highest BCUT2D eigenvalue weighted by Crippen LogP contribution is 2.17. The molecule has 0 aromatic carbocycles. The molecule has 3 heteroatoms. The summed E-state index contributed by atoms with van der Waals surface area (Å²) >= 11 is 0. The molecule has 0 aliphatic heterocycles. The molecule has 13 heavy (non-hydrogen) atoms. The average molecular weight is 178 g/mol. The standard InChI is InChI=1S/C10H14N2O/c1-7(6-11)9-4-8(2)12-10(5-9)13-3/h4-5H,1,6,11H2,2-3H3. The van der Waals surface area contributed by atoms with Crippen molar-refractivity contribution in [1.29, 1.82) is 0 Å². The number of hydrogen-bond acceptors (Lipinski definition) is 3. The van der Waals surface area contributed by atoms with Crippen LogP contribution in [0.4, 0.5) is 0 Å². The Morgan fingerprint density at radius 1 is 1.62 bits per heavy atom. The van der Waals surface area contributed by atoms with E-state index >= 15 is 0 Å². The summed E-state index contributed by atoms with van der Waals surface area (Å²) in [6, 6.07) is 3.78. The van der Waals surface area contributed by atoms with Crippen molar-refractivity contribution in [2.45, 2.75) is 6.92 Å². The zero-order valence-electron chi connectivity index (χ0n) is 8.00. The van der Waals surface area contributed by atoms with E-state index in [1.165, 1.54) is 0 Å². The van der Waals surface area contributed by atoms with Gasteiger partial charge in [0.25, 0.3) is 0 Å². The molecule has 0 amide bonds. The van der Waals surface area contributed by atoms with E-state index in [1.807, 2.05) is 19.1 Å². The van der Waals surface area contributed by atoms with E-state index in [-0.39, 0.29) is 0 Å². The fourth-order valence-corrected chi connectivity index (χ4v) is 1.06. The number of aryl methyl sites for hydroxylation is 1. The van der Waals surface area contributed by atoms with Gasteiger partial charge in [-0.05, 0) is 24.1 Å². The van der Waals surface area contributed by atoms with Crippen LogP contribution >= 0.6 is 0 Å². The van der Waals surface area contributed by atoms with Gasteiger partial charge >= 0.3 is 0 Å². The molecule has 1 rings (SSSR count). The van der Waals surface area contributed by atoms with Crippen LogP contribution in [0.15, 0.2) is 18.7 Å². The van der Waals surface area contributed by atoms with Crippen LogP contribution < -0.4 is 10.5 Å². The third-order valence-electron chi connectivity index (χ3n) is 1.79. The molecule has 0 radical (unpaired) electrons. The van der Waals surface area contributed by atoms with Gasteiger partial charge in [-0.2, -0.15) is 0 Å². The number of ether oxygens (including phenoxy) is 1. The van der Waals surface area contributed by atoms with Crippen LogP contribution in [-0.4, -0.2) is 18.6 Å². The van der Waals surface area contributed by atoms with Crippen molar-refractivity contribution < 1.29 is 4.74 Å². The van der Waals surface area contributed by atoms with Crippen molar-refractivity contribution in [3.05, 3.63) is 30.0 Å². The monoisotopic (exact) mass is 178 g/mol. The van der Waals surface area contributed by atoms with Crippen molar-refractivity contribution in [2.75, 3.05) is 13.7 Å². The second-order valence-corrected chi connectivity index (χ2v) is 2.85. The summed E-state index contributed by atoms with van der Waals surface area (Å²) in [4.78, 5) is 4.16. The number of nitrogens with two attached hydrogens (primary N) is 1. The molecule has 1 aromatic heterocycles. The molecule has 2 N–H and O–H groups in total. The van der Waals surface area contributed by atoms with E-state index in [0.29, 0.717) is 12.4 Å². The first kappa shape index (κ1) is 9.74. The number of hydrogen-bond donors (Lipinski definition) is 1. The summed E-state index contributed by atoms with van der Waals surface area (Å²) in [6.07, 6.45) is 0. The topological polar surface area (TPSA) is 48.1 Å². The van der Waals surface area contributed by atoms with Gasteiger partial charge in [-0.25, -0.2) is 4.98 Å². The lowest BCUT2D eigenvalue weighted by atomic mass is 10.1. The SMILES string of the molecule is C=C(CN)c1cc(C)nc(OC)c1. The van der Waals surface area contributed by atoms with Gasteiger partial charge in [-0.1, -0.05) is 6.58 Å². The van der Waals surface area contributed by atoms with Gasteiger partial charge < -0.3 is 10.5 Å². The fourth-order valence-electron chi connectivity index (χ4n) is 1.06. The molecule has 0 aliphatic rings. The van der Waals surface area contributed by atoms with Gasteiger partial charge in [0, 0.05) is 18.3 Å². The minimum absolute atomic E-state index is 0.451. The number of nitrogens with zero attached hydrogens (tertiary/aromatic N) is 1. The van der Waals surface area contributed by atoms with Crippen molar-refractivity contribution in [3.8, 4) is 5.88 Å². The Balaban J connectivity index is 3.08. The van der Waals surface area contributed by atoms with Crippen LogP contribution in [0.25, 0.3) is 5.57 Å². The molecule has 3 nitrogen and oxygen atoms in total. The van der Waals surface area contributed by atoms with Crippen LogP contribution in [-0.2, 0) is 0 Å². The third kappa shape index (κ3) is 2.29. The van der Waals surface area contributed by atoms with E-state index in [1.54, 1.807) is 7.11 Å². The Labute approximate surface area is 78.2 Å². The predicted molar refractivity (Wildman–Crippen MR) is 53.6 cm³/mol. The summed E-state index contributed by atoms with van der Waals surface area (Å²) in [5.41, 5.74) is 8.28. The van der Waals surface area contributed by atoms with Gasteiger partial charge in [0.2, 0.25) is 5.88 Å². The molecule has 0 spiro atoms. The average Bonchev–Trinajstić information content (AvgIpc) is 2.15. The highest BCUT2D eigenvalue weighted by atomic mass is 16.5. The zero-order chi connectivity index (χ0) is 9.84. The fraction of sp³-hybridized carbons (Fsp3) is 0.300. The van der Waals surface area contributed by atoms with E-state index in [0.717, 1.165) is 16.8 Å². The maximum Gasteiger partial charge on any atom is 0.213 e. The van der Waals surface area contributed by atoms with E-state index < -0.39 is 0 Å². The van der Waals surface area contributed by atoms with E-state index in [4.69, 9.17) is 10.5 Å².